The molecule has 0 fully saturated rings. The molecule has 1 aromatic rings. The largest absolute Gasteiger partial charge is 0.508 e. The van der Waals surface area contributed by atoms with E-state index in [1.165, 1.54) is 0 Å². The van der Waals surface area contributed by atoms with Gasteiger partial charge in [-0.25, -0.2) is 0 Å². The van der Waals surface area contributed by atoms with Crippen LogP contribution in [0.4, 0.5) is 0 Å². The van der Waals surface area contributed by atoms with E-state index in [0.29, 0.717) is 12.0 Å². The van der Waals surface area contributed by atoms with Gasteiger partial charge in [0.1, 0.15) is 5.75 Å². The Labute approximate surface area is 83.2 Å². The van der Waals surface area contributed by atoms with E-state index in [4.69, 9.17) is 16.6 Å². The molecule has 0 aromatic heterocycles. The van der Waals surface area contributed by atoms with Crippen LogP contribution in [0.2, 0.25) is 0 Å². The van der Waals surface area contributed by atoms with Crippen LogP contribution in [-0.2, 0) is 6.42 Å². The van der Waals surface area contributed by atoms with Crippen molar-refractivity contribution < 1.29 is 10.2 Å². The standard InChI is InChI=1S/C10H16N2O2/c11-6-9(12)8-5-7(3-4-13)1-2-10(8)14/h1-2,5,9,13-14H,3-4,6,11-12H2/t9-/m0/s1. The molecule has 0 aliphatic rings. The lowest BCUT2D eigenvalue weighted by molar-refractivity contribution is 0.299. The fourth-order valence-corrected chi connectivity index (χ4v) is 1.31. The maximum atomic E-state index is 9.51. The van der Waals surface area contributed by atoms with Gasteiger partial charge < -0.3 is 21.7 Å². The second kappa shape index (κ2) is 4.95. The predicted octanol–water partition coefficient (Wildman–Crippen LogP) is -0.114. The first-order chi connectivity index (χ1) is 6.69. The molecule has 0 bridgehead atoms. The zero-order valence-corrected chi connectivity index (χ0v) is 7.98. The number of aromatic hydroxyl groups is 1. The highest BCUT2D eigenvalue weighted by atomic mass is 16.3. The van der Waals surface area contributed by atoms with Gasteiger partial charge in [0.05, 0.1) is 0 Å². The summed E-state index contributed by atoms with van der Waals surface area (Å²) < 4.78 is 0. The van der Waals surface area contributed by atoms with Gasteiger partial charge in [-0.3, -0.25) is 0 Å². The molecule has 6 N–H and O–H groups in total. The number of nitrogens with two attached hydrogens (primary N) is 2. The Balaban J connectivity index is 2.95. The Morgan fingerprint density at radius 2 is 2.07 bits per heavy atom. The third-order valence-electron chi connectivity index (χ3n) is 2.15. The number of hydrogen-bond acceptors (Lipinski definition) is 4. The van der Waals surface area contributed by atoms with Gasteiger partial charge in [0, 0.05) is 24.8 Å². The Kier molecular flexibility index (Phi) is 3.88. The molecule has 0 unspecified atom stereocenters. The minimum atomic E-state index is -0.353. The highest BCUT2D eigenvalue weighted by Gasteiger charge is 2.09. The van der Waals surface area contributed by atoms with Gasteiger partial charge in [-0.1, -0.05) is 12.1 Å². The number of phenols is 1. The highest BCUT2D eigenvalue weighted by molar-refractivity contribution is 5.38. The average Bonchev–Trinajstić information content (AvgIpc) is 2.20. The third-order valence-corrected chi connectivity index (χ3v) is 2.15. The lowest BCUT2D eigenvalue weighted by Crippen LogP contribution is -2.21. The van der Waals surface area contributed by atoms with Crippen molar-refractivity contribution in [3.63, 3.8) is 0 Å². The number of phenolic OH excluding ortho intramolecular Hbond substituents is 1. The van der Waals surface area contributed by atoms with Crippen LogP contribution < -0.4 is 11.5 Å². The summed E-state index contributed by atoms with van der Waals surface area (Å²) in [6.07, 6.45) is 0.560. The number of aliphatic hydroxyl groups excluding tert-OH is 1. The van der Waals surface area contributed by atoms with Gasteiger partial charge in [0.15, 0.2) is 0 Å². The first-order valence-corrected chi connectivity index (χ1v) is 4.57. The summed E-state index contributed by atoms with van der Waals surface area (Å²) in [7, 11) is 0. The van der Waals surface area contributed by atoms with Gasteiger partial charge in [0.25, 0.3) is 0 Å². The van der Waals surface area contributed by atoms with Gasteiger partial charge in [0.2, 0.25) is 0 Å². The minimum Gasteiger partial charge on any atom is -0.508 e. The minimum absolute atomic E-state index is 0.0854. The van der Waals surface area contributed by atoms with Crippen molar-refractivity contribution in [1.29, 1.82) is 0 Å². The lowest BCUT2D eigenvalue weighted by Gasteiger charge is -2.12. The average molecular weight is 196 g/mol. The van der Waals surface area contributed by atoms with Crippen LogP contribution in [0.1, 0.15) is 17.2 Å². The van der Waals surface area contributed by atoms with E-state index in [2.05, 4.69) is 0 Å². The van der Waals surface area contributed by atoms with Gasteiger partial charge in [-0.15, -0.1) is 0 Å². The van der Waals surface area contributed by atoms with Crippen molar-refractivity contribution in [2.75, 3.05) is 13.2 Å². The summed E-state index contributed by atoms with van der Waals surface area (Å²) in [5, 5.41) is 18.3. The van der Waals surface area contributed by atoms with Crippen molar-refractivity contribution in [3.05, 3.63) is 29.3 Å². The quantitative estimate of drug-likeness (QED) is 0.540. The van der Waals surface area contributed by atoms with E-state index in [-0.39, 0.29) is 24.9 Å². The fraction of sp³-hybridized carbons (Fsp3) is 0.400. The summed E-state index contributed by atoms with van der Waals surface area (Å²) in [4.78, 5) is 0. The van der Waals surface area contributed by atoms with Crippen molar-refractivity contribution >= 4 is 0 Å². The van der Waals surface area contributed by atoms with Crippen LogP contribution in [0.5, 0.6) is 5.75 Å². The first-order valence-electron chi connectivity index (χ1n) is 4.57. The highest BCUT2D eigenvalue weighted by Crippen LogP contribution is 2.23. The Bertz CT molecular complexity index is 302. The van der Waals surface area contributed by atoms with Gasteiger partial charge >= 0.3 is 0 Å². The molecule has 0 spiro atoms. The molecule has 0 saturated carbocycles. The fourth-order valence-electron chi connectivity index (χ4n) is 1.31. The number of benzene rings is 1. The molecule has 0 aliphatic heterocycles. The van der Waals surface area contributed by atoms with Crippen LogP contribution in [0.25, 0.3) is 0 Å². The summed E-state index contributed by atoms with van der Waals surface area (Å²) in [6.45, 7) is 0.373. The molecular weight excluding hydrogens is 180 g/mol. The molecule has 78 valence electrons. The molecule has 0 aliphatic carbocycles. The van der Waals surface area contributed by atoms with Crippen LogP contribution in [0.3, 0.4) is 0 Å². The molecule has 1 atom stereocenters. The predicted molar refractivity (Wildman–Crippen MR) is 54.9 cm³/mol. The van der Waals surface area contributed by atoms with Crippen molar-refractivity contribution in [1.82, 2.24) is 0 Å². The zero-order valence-electron chi connectivity index (χ0n) is 7.98. The molecule has 14 heavy (non-hydrogen) atoms. The van der Waals surface area contributed by atoms with Crippen LogP contribution in [0, 0.1) is 0 Å². The summed E-state index contributed by atoms with van der Waals surface area (Å²) in [5.74, 6) is 0.157. The maximum Gasteiger partial charge on any atom is 0.120 e. The summed E-state index contributed by atoms with van der Waals surface area (Å²) in [6, 6.07) is 4.77. The van der Waals surface area contributed by atoms with Gasteiger partial charge in [-0.05, 0) is 18.1 Å². The van der Waals surface area contributed by atoms with Crippen molar-refractivity contribution in [2.45, 2.75) is 12.5 Å². The Morgan fingerprint density at radius 1 is 1.36 bits per heavy atom. The number of aliphatic hydroxyl groups is 1. The SMILES string of the molecule is NC[C@H](N)c1cc(CCO)ccc1O. The zero-order chi connectivity index (χ0) is 10.6. The Hall–Kier alpha value is -1.10. The second-order valence-corrected chi connectivity index (χ2v) is 3.21. The molecule has 4 nitrogen and oxygen atoms in total. The number of rotatable bonds is 4. The first kappa shape index (κ1) is 11.0. The van der Waals surface area contributed by atoms with Crippen LogP contribution >= 0.6 is 0 Å². The van der Waals surface area contributed by atoms with E-state index in [9.17, 15) is 5.11 Å². The normalized spacial score (nSPS) is 12.8. The summed E-state index contributed by atoms with van der Waals surface area (Å²) >= 11 is 0. The molecule has 0 saturated heterocycles. The molecule has 0 radical (unpaired) electrons. The van der Waals surface area contributed by atoms with E-state index >= 15 is 0 Å². The van der Waals surface area contributed by atoms with E-state index in [1.54, 1.807) is 18.2 Å². The number of hydrogen-bond donors (Lipinski definition) is 4. The third kappa shape index (κ3) is 2.45. The molecule has 1 rings (SSSR count). The monoisotopic (exact) mass is 196 g/mol. The Morgan fingerprint density at radius 3 is 2.64 bits per heavy atom. The molecule has 1 aromatic carbocycles. The van der Waals surface area contributed by atoms with Crippen molar-refractivity contribution in [3.8, 4) is 5.75 Å². The second-order valence-electron chi connectivity index (χ2n) is 3.21. The molecule has 0 heterocycles. The van der Waals surface area contributed by atoms with Crippen LogP contribution in [-0.4, -0.2) is 23.4 Å². The topological polar surface area (TPSA) is 92.5 Å². The summed E-state index contributed by atoms with van der Waals surface area (Å²) in [5.41, 5.74) is 12.7. The van der Waals surface area contributed by atoms with Crippen molar-refractivity contribution in [2.24, 2.45) is 11.5 Å². The molecular formula is C10H16N2O2. The maximum absolute atomic E-state index is 9.51. The van der Waals surface area contributed by atoms with E-state index in [1.807, 2.05) is 0 Å². The smallest absolute Gasteiger partial charge is 0.120 e. The lowest BCUT2D eigenvalue weighted by atomic mass is 10.0. The van der Waals surface area contributed by atoms with Gasteiger partial charge in [-0.2, -0.15) is 0 Å². The van der Waals surface area contributed by atoms with E-state index in [0.717, 1.165) is 5.56 Å². The molecule has 4 heteroatoms. The van der Waals surface area contributed by atoms with Crippen LogP contribution in [0.15, 0.2) is 18.2 Å². The van der Waals surface area contributed by atoms with E-state index < -0.39 is 0 Å². The molecule has 0 amide bonds.